The van der Waals surface area contributed by atoms with E-state index < -0.39 is 6.10 Å². The molecule has 5 heteroatoms. The molecule has 1 saturated carbocycles. The highest BCUT2D eigenvalue weighted by Crippen LogP contribution is 2.25. The number of benzene rings is 1. The molecule has 1 fully saturated rings. The maximum Gasteiger partial charge on any atom is 0.123 e. The molecule has 1 aliphatic carbocycles. The highest BCUT2D eigenvalue weighted by atomic mass is 19.1. The molecule has 2 aromatic rings. The quantitative estimate of drug-likeness (QED) is 0.407. The van der Waals surface area contributed by atoms with E-state index >= 15 is 0 Å². The van der Waals surface area contributed by atoms with Gasteiger partial charge in [-0.3, -0.25) is 4.90 Å². The molecule has 0 bridgehead atoms. The Morgan fingerprint density at radius 3 is 2.83 bits per heavy atom. The number of nitrogens with zero attached hydrogens (tertiary/aromatic N) is 2. The maximum absolute atomic E-state index is 13.6. The van der Waals surface area contributed by atoms with Gasteiger partial charge in [-0.15, -0.1) is 6.58 Å². The number of aliphatic hydroxyl groups is 1. The summed E-state index contributed by atoms with van der Waals surface area (Å²) in [4.78, 5) is 2.36. The van der Waals surface area contributed by atoms with E-state index in [-0.39, 0.29) is 5.82 Å². The van der Waals surface area contributed by atoms with Crippen molar-refractivity contribution in [3.8, 4) is 0 Å². The molecule has 0 amide bonds. The summed E-state index contributed by atoms with van der Waals surface area (Å²) in [5.41, 5.74) is 2.12. The topological polar surface area (TPSA) is 37.6 Å². The van der Waals surface area contributed by atoms with Gasteiger partial charge in [0.2, 0.25) is 0 Å². The molecule has 1 N–H and O–H groups in total. The first-order valence-corrected chi connectivity index (χ1v) is 11.1. The molecule has 1 atom stereocenters. The molecular weight excluding hydrogens is 379 g/mol. The normalized spacial score (nSPS) is 16.1. The lowest BCUT2D eigenvalue weighted by Crippen LogP contribution is -2.38. The number of halogens is 1. The molecule has 1 aliphatic rings. The zero-order valence-corrected chi connectivity index (χ0v) is 17.9. The van der Waals surface area contributed by atoms with Crippen molar-refractivity contribution < 1.29 is 14.2 Å². The monoisotopic (exact) mass is 414 g/mol. The van der Waals surface area contributed by atoms with Crippen LogP contribution in [0.5, 0.6) is 0 Å². The van der Waals surface area contributed by atoms with Crippen molar-refractivity contribution in [2.75, 3.05) is 26.3 Å². The summed E-state index contributed by atoms with van der Waals surface area (Å²) < 4.78 is 21.2. The number of ether oxygens (including phenoxy) is 1. The van der Waals surface area contributed by atoms with Crippen LogP contribution in [0.25, 0.3) is 0 Å². The summed E-state index contributed by atoms with van der Waals surface area (Å²) in [6.07, 6.45) is 9.70. The fourth-order valence-corrected chi connectivity index (χ4v) is 4.39. The van der Waals surface area contributed by atoms with Gasteiger partial charge in [0, 0.05) is 38.1 Å². The van der Waals surface area contributed by atoms with E-state index in [1.54, 1.807) is 18.2 Å². The molecule has 0 spiro atoms. The minimum absolute atomic E-state index is 0.206. The van der Waals surface area contributed by atoms with E-state index in [1.165, 1.54) is 43.9 Å². The lowest BCUT2D eigenvalue weighted by atomic mass is 9.89. The number of aliphatic hydroxyl groups excluding tert-OH is 1. The van der Waals surface area contributed by atoms with Crippen LogP contribution in [-0.4, -0.2) is 47.0 Å². The zero-order chi connectivity index (χ0) is 21.2. The largest absolute Gasteiger partial charge is 0.389 e. The summed E-state index contributed by atoms with van der Waals surface area (Å²) in [5, 5.41) is 10.5. The Hall–Kier alpha value is -1.95. The van der Waals surface area contributed by atoms with Crippen molar-refractivity contribution >= 4 is 0 Å². The SMILES string of the molecule is C=CCOC[C@@H](O)CN(Cc1cccn1Cc1cccc(F)c1)CC1CCCCC1. The number of aromatic nitrogens is 1. The van der Waals surface area contributed by atoms with E-state index in [1.807, 2.05) is 18.3 Å². The first-order chi connectivity index (χ1) is 14.6. The van der Waals surface area contributed by atoms with E-state index in [0.717, 1.165) is 18.7 Å². The van der Waals surface area contributed by atoms with Gasteiger partial charge < -0.3 is 14.4 Å². The third kappa shape index (κ3) is 7.38. The zero-order valence-electron chi connectivity index (χ0n) is 17.9. The first kappa shape index (κ1) is 22.7. The Balaban J connectivity index is 1.65. The van der Waals surface area contributed by atoms with Crippen molar-refractivity contribution in [1.82, 2.24) is 9.47 Å². The van der Waals surface area contributed by atoms with E-state index in [2.05, 4.69) is 22.1 Å². The summed E-state index contributed by atoms with van der Waals surface area (Å²) in [5.74, 6) is 0.481. The minimum Gasteiger partial charge on any atom is -0.389 e. The van der Waals surface area contributed by atoms with Crippen LogP contribution in [0.1, 0.15) is 43.4 Å². The molecule has 1 aromatic carbocycles. The van der Waals surface area contributed by atoms with Gasteiger partial charge in [0.15, 0.2) is 0 Å². The molecular formula is C25H35FN2O2. The van der Waals surface area contributed by atoms with Gasteiger partial charge in [-0.2, -0.15) is 0 Å². The molecule has 1 aromatic heterocycles. The van der Waals surface area contributed by atoms with Crippen LogP contribution in [0.15, 0.2) is 55.3 Å². The maximum atomic E-state index is 13.6. The van der Waals surface area contributed by atoms with E-state index in [0.29, 0.717) is 32.2 Å². The first-order valence-electron chi connectivity index (χ1n) is 11.1. The van der Waals surface area contributed by atoms with E-state index in [9.17, 15) is 9.50 Å². The molecule has 4 nitrogen and oxygen atoms in total. The number of hydrogen-bond donors (Lipinski definition) is 1. The Kier molecular flexibility index (Phi) is 9.12. The average Bonchev–Trinajstić information content (AvgIpc) is 3.15. The lowest BCUT2D eigenvalue weighted by Gasteiger charge is -2.31. The third-order valence-electron chi connectivity index (χ3n) is 5.81. The second-order valence-electron chi connectivity index (χ2n) is 8.44. The van der Waals surface area contributed by atoms with Gasteiger partial charge in [-0.05, 0) is 48.6 Å². The van der Waals surface area contributed by atoms with Crippen molar-refractivity contribution in [3.63, 3.8) is 0 Å². The highest BCUT2D eigenvalue weighted by molar-refractivity contribution is 5.19. The number of hydrogen-bond acceptors (Lipinski definition) is 3. The summed E-state index contributed by atoms with van der Waals surface area (Å²) in [7, 11) is 0. The summed E-state index contributed by atoms with van der Waals surface area (Å²) in [6, 6.07) is 10.9. The second-order valence-corrected chi connectivity index (χ2v) is 8.44. The van der Waals surface area contributed by atoms with Crippen LogP contribution < -0.4 is 0 Å². The standard InChI is InChI=1S/C25H35FN2O2/c1-2-14-30-20-25(29)19-27(16-21-8-4-3-5-9-21)18-24-12-7-13-28(24)17-22-10-6-11-23(26)15-22/h2,6-7,10-13,15,21,25,29H,1,3-5,8-9,14,16-20H2/t25-/m0/s1. The van der Waals surface area contributed by atoms with Crippen LogP contribution in [0.3, 0.4) is 0 Å². The third-order valence-corrected chi connectivity index (χ3v) is 5.81. The van der Waals surface area contributed by atoms with Gasteiger partial charge in [0.25, 0.3) is 0 Å². The molecule has 0 saturated heterocycles. The fourth-order valence-electron chi connectivity index (χ4n) is 4.39. The minimum atomic E-state index is -0.528. The Morgan fingerprint density at radius 1 is 1.23 bits per heavy atom. The van der Waals surface area contributed by atoms with Gasteiger partial charge in [0.05, 0.1) is 19.3 Å². The van der Waals surface area contributed by atoms with Crippen LogP contribution in [-0.2, 0) is 17.8 Å². The number of rotatable bonds is 12. The van der Waals surface area contributed by atoms with Gasteiger partial charge in [0.1, 0.15) is 5.82 Å². The van der Waals surface area contributed by atoms with Crippen molar-refractivity contribution in [1.29, 1.82) is 0 Å². The molecule has 3 rings (SSSR count). The van der Waals surface area contributed by atoms with Crippen LogP contribution >= 0.6 is 0 Å². The fraction of sp³-hybridized carbons (Fsp3) is 0.520. The molecule has 0 aliphatic heterocycles. The molecule has 164 valence electrons. The Labute approximate surface area is 180 Å². The van der Waals surface area contributed by atoms with Crippen LogP contribution in [0.2, 0.25) is 0 Å². The second kappa shape index (κ2) is 12.0. The average molecular weight is 415 g/mol. The smallest absolute Gasteiger partial charge is 0.123 e. The highest BCUT2D eigenvalue weighted by Gasteiger charge is 2.20. The molecule has 0 unspecified atom stereocenters. The summed E-state index contributed by atoms with van der Waals surface area (Å²) in [6.45, 7) is 7.40. The van der Waals surface area contributed by atoms with Crippen LogP contribution in [0, 0.1) is 11.7 Å². The van der Waals surface area contributed by atoms with Gasteiger partial charge >= 0.3 is 0 Å². The Morgan fingerprint density at radius 2 is 2.07 bits per heavy atom. The lowest BCUT2D eigenvalue weighted by molar-refractivity contribution is 0.0195. The van der Waals surface area contributed by atoms with Gasteiger partial charge in [-0.1, -0.05) is 37.5 Å². The van der Waals surface area contributed by atoms with E-state index in [4.69, 9.17) is 4.74 Å². The van der Waals surface area contributed by atoms with Crippen molar-refractivity contribution in [3.05, 3.63) is 72.3 Å². The molecule has 30 heavy (non-hydrogen) atoms. The predicted octanol–water partition coefficient (Wildman–Crippen LogP) is 4.62. The van der Waals surface area contributed by atoms with Crippen molar-refractivity contribution in [2.24, 2.45) is 5.92 Å². The predicted molar refractivity (Wildman–Crippen MR) is 119 cm³/mol. The van der Waals surface area contributed by atoms with Crippen LogP contribution in [0.4, 0.5) is 4.39 Å². The van der Waals surface area contributed by atoms with Crippen molar-refractivity contribution in [2.45, 2.75) is 51.3 Å². The molecule has 0 radical (unpaired) electrons. The molecule has 1 heterocycles. The Bertz CT molecular complexity index is 770. The van der Waals surface area contributed by atoms with Gasteiger partial charge in [-0.25, -0.2) is 4.39 Å². The summed E-state index contributed by atoms with van der Waals surface area (Å²) >= 11 is 0.